The lowest BCUT2D eigenvalue weighted by Gasteiger charge is -2.22. The fourth-order valence-corrected chi connectivity index (χ4v) is 11.8. The lowest BCUT2D eigenvalue weighted by molar-refractivity contribution is 0.336. The first-order valence-electron chi connectivity index (χ1n) is 29.7. The molecule has 0 bridgehead atoms. The van der Waals surface area contributed by atoms with Crippen LogP contribution in [-0.4, -0.2) is 79.6 Å². The summed E-state index contributed by atoms with van der Waals surface area (Å²) in [7, 11) is 0. The van der Waals surface area contributed by atoms with Gasteiger partial charge < -0.3 is 46.4 Å². The third kappa shape index (κ3) is 19.1. The van der Waals surface area contributed by atoms with Crippen molar-refractivity contribution in [2.45, 2.75) is 101 Å². The SMILES string of the molecule is CCOc1c(C(C)c2nccnc(N)cc(Br)[nH]2)cc(Cl)c(C)c1-c1ccc(C)nc1.CCOc1c([C@@H](C)c2nccnc(N)cc(Br)[nH]2)cc(Cl)c(C)c1-c1ccc(C)nc1.CCOc1c([C@H](C)c2nccnc(N)cc(Br)[nH]2)cc(Cl)c(C)c1-c1ccc(C)nc1. The standard InChI is InChI=1S/3C23H25BrClN5O/c3*1-5-31-22-17(14(3)23-28-9-8-27-20(26)11-19(24)30-23)10-18(25)15(4)21(22)16-7-6-13(2)29-12-16/h3*6-12,14H,5H2,1-4H3,(H2,26,27)(H,28,30)/t2*14-;/m10./s1. The molecule has 3 atom stereocenters. The first-order valence-corrected chi connectivity index (χ1v) is 33.2. The number of nitrogen functional groups attached to an aromatic ring is 3. The predicted octanol–water partition coefficient (Wildman–Crippen LogP) is 18.5. The van der Waals surface area contributed by atoms with Crippen molar-refractivity contribution in [3.05, 3.63) is 225 Å². The van der Waals surface area contributed by atoms with Crippen LogP contribution in [0.4, 0.5) is 17.5 Å². The lowest BCUT2D eigenvalue weighted by atomic mass is 9.91. The molecule has 6 aromatic heterocycles. The average molecular weight is 1510 g/mol. The van der Waals surface area contributed by atoms with Crippen LogP contribution in [0.2, 0.25) is 15.1 Å². The highest BCUT2D eigenvalue weighted by Crippen LogP contribution is 2.47. The monoisotopic (exact) mass is 1500 g/mol. The van der Waals surface area contributed by atoms with Gasteiger partial charge in [0.05, 0.1) is 33.6 Å². The molecule has 0 spiro atoms. The lowest BCUT2D eigenvalue weighted by Crippen LogP contribution is -2.07. The zero-order chi connectivity index (χ0) is 67.6. The molecule has 0 aliphatic heterocycles. The van der Waals surface area contributed by atoms with Crippen molar-refractivity contribution in [3.63, 3.8) is 0 Å². The van der Waals surface area contributed by atoms with Gasteiger partial charge >= 0.3 is 0 Å². The molecule has 0 aliphatic rings. The molecule has 0 saturated carbocycles. The number of hydrogen-bond acceptors (Lipinski definition) is 15. The van der Waals surface area contributed by atoms with Crippen molar-refractivity contribution >= 4 is 100 Å². The first kappa shape index (κ1) is 72.5. The Morgan fingerprint density at radius 2 is 0.634 bits per heavy atom. The Morgan fingerprint density at radius 3 is 0.860 bits per heavy atom. The molecular weight excluding hydrogens is 1430 g/mol. The molecule has 9 rings (SSSR count). The minimum Gasteiger partial charge on any atom is -0.493 e. The Morgan fingerprint density at radius 1 is 0.387 bits per heavy atom. The number of nitrogens with two attached hydrogens (primary N) is 3. The molecule has 18 nitrogen and oxygen atoms in total. The van der Waals surface area contributed by atoms with Gasteiger partial charge in [-0.1, -0.05) is 73.8 Å². The van der Waals surface area contributed by atoms with Gasteiger partial charge in [-0.2, -0.15) is 0 Å². The van der Waals surface area contributed by atoms with E-state index in [1.54, 1.807) is 55.4 Å². The van der Waals surface area contributed by atoms with E-state index in [2.05, 4.69) is 108 Å². The Hall–Kier alpha value is -7.92. The molecule has 0 amide bonds. The third-order valence-corrected chi connectivity index (χ3v) is 17.1. The van der Waals surface area contributed by atoms with Crippen molar-refractivity contribution in [1.82, 2.24) is 59.8 Å². The predicted molar refractivity (Wildman–Crippen MR) is 387 cm³/mol. The Bertz CT molecular complexity index is 3820. The molecule has 0 radical (unpaired) electrons. The summed E-state index contributed by atoms with van der Waals surface area (Å²) in [6, 6.07) is 23.0. The van der Waals surface area contributed by atoms with Gasteiger partial charge in [0.1, 0.15) is 52.2 Å². The molecule has 9 aromatic rings. The number of hydrogen-bond donors (Lipinski definition) is 6. The summed E-state index contributed by atoms with van der Waals surface area (Å²) in [5, 5.41) is 1.96. The molecule has 3 aromatic carbocycles. The van der Waals surface area contributed by atoms with Gasteiger partial charge in [0.25, 0.3) is 0 Å². The van der Waals surface area contributed by atoms with Crippen LogP contribution in [0.15, 0.2) is 142 Å². The summed E-state index contributed by atoms with van der Waals surface area (Å²) in [6.45, 7) is 25.4. The van der Waals surface area contributed by atoms with Crippen LogP contribution in [0.5, 0.6) is 17.2 Å². The van der Waals surface area contributed by atoms with E-state index in [1.165, 1.54) is 0 Å². The van der Waals surface area contributed by atoms with Crippen LogP contribution in [-0.2, 0) is 0 Å². The number of aromatic amines is 3. The van der Waals surface area contributed by atoms with Gasteiger partial charge in [0.15, 0.2) is 0 Å². The highest BCUT2D eigenvalue weighted by atomic mass is 79.9. The largest absolute Gasteiger partial charge is 0.493 e. The number of aryl methyl sites for hydroxylation is 3. The molecule has 0 fully saturated rings. The van der Waals surface area contributed by atoms with E-state index in [4.69, 9.17) is 66.2 Å². The van der Waals surface area contributed by atoms with Crippen LogP contribution in [0.3, 0.4) is 0 Å². The quantitative estimate of drug-likeness (QED) is 0.0557. The molecule has 486 valence electrons. The van der Waals surface area contributed by atoms with Crippen LogP contribution >= 0.6 is 82.6 Å². The number of pyridine rings is 3. The number of halogens is 6. The Kier molecular flexibility index (Phi) is 26.7. The number of anilines is 3. The summed E-state index contributed by atoms with van der Waals surface area (Å²) >= 11 is 30.5. The Balaban J connectivity index is 0.000000198. The minimum atomic E-state index is -0.165. The molecule has 0 saturated heterocycles. The van der Waals surface area contributed by atoms with Gasteiger partial charge in [-0.3, -0.25) is 15.0 Å². The van der Waals surface area contributed by atoms with Crippen LogP contribution in [0, 0.1) is 41.5 Å². The van der Waals surface area contributed by atoms with Crippen LogP contribution < -0.4 is 31.4 Å². The number of rotatable bonds is 15. The van der Waals surface area contributed by atoms with E-state index in [0.29, 0.717) is 83.6 Å². The van der Waals surface area contributed by atoms with E-state index >= 15 is 0 Å². The topological polar surface area (TPSA) is 269 Å². The van der Waals surface area contributed by atoms with E-state index in [-0.39, 0.29) is 17.8 Å². The van der Waals surface area contributed by atoms with Crippen molar-refractivity contribution in [3.8, 4) is 50.6 Å². The second-order valence-electron chi connectivity index (χ2n) is 21.3. The number of aromatic nitrogens is 12. The summed E-state index contributed by atoms with van der Waals surface area (Å²) in [5.41, 5.74) is 31.6. The van der Waals surface area contributed by atoms with Crippen molar-refractivity contribution < 1.29 is 14.2 Å². The van der Waals surface area contributed by atoms with Crippen LogP contribution in [0.1, 0.15) is 127 Å². The molecule has 9 N–H and O–H groups in total. The van der Waals surface area contributed by atoms with Gasteiger partial charge in [-0.25, -0.2) is 29.9 Å². The van der Waals surface area contributed by atoms with Gasteiger partial charge in [0, 0.05) is 174 Å². The number of H-pyrrole nitrogens is 3. The number of nitrogens with zero attached hydrogens (tertiary/aromatic N) is 9. The Labute approximate surface area is 583 Å². The van der Waals surface area contributed by atoms with Gasteiger partial charge in [0.2, 0.25) is 0 Å². The number of ether oxygens (including phenoxy) is 3. The van der Waals surface area contributed by atoms with E-state index in [9.17, 15) is 0 Å². The summed E-state index contributed by atoms with van der Waals surface area (Å²) in [5.74, 6) is 4.98. The maximum absolute atomic E-state index is 6.68. The average Bonchev–Trinajstić information content (AvgIpc) is 0.816. The number of nitrogens with one attached hydrogen (secondary N) is 3. The molecular formula is C69H75Br3Cl3N15O3. The molecule has 93 heavy (non-hydrogen) atoms. The third-order valence-electron chi connectivity index (χ3n) is 14.7. The minimum absolute atomic E-state index is 0.165. The molecule has 1 unspecified atom stereocenters. The van der Waals surface area contributed by atoms with Gasteiger partial charge in [-0.05, 0) is 163 Å². The van der Waals surface area contributed by atoms with E-state index in [0.717, 1.165) is 101 Å². The summed E-state index contributed by atoms with van der Waals surface area (Å²) in [6.07, 6.45) is 15.0. The first-order chi connectivity index (χ1) is 44.4. The zero-order valence-corrected chi connectivity index (χ0v) is 60.8. The van der Waals surface area contributed by atoms with Crippen molar-refractivity contribution in [2.75, 3.05) is 37.0 Å². The van der Waals surface area contributed by atoms with E-state index in [1.807, 2.05) is 156 Å². The highest BCUT2D eigenvalue weighted by molar-refractivity contribution is 9.11. The maximum atomic E-state index is 6.68. The smallest absolute Gasteiger partial charge is 0.131 e. The summed E-state index contributed by atoms with van der Waals surface area (Å²) < 4.78 is 20.5. The molecule has 6 heterocycles. The normalized spacial score (nSPS) is 11.7. The fourth-order valence-electron chi connectivity index (χ4n) is 9.86. The highest BCUT2D eigenvalue weighted by Gasteiger charge is 2.27. The summed E-state index contributed by atoms with van der Waals surface area (Å²) in [4.78, 5) is 49.1. The zero-order valence-electron chi connectivity index (χ0n) is 53.7. The molecule has 0 aliphatic carbocycles. The van der Waals surface area contributed by atoms with E-state index < -0.39 is 0 Å². The fraction of sp³-hybridized carbons (Fsp3) is 0.261. The second-order valence-corrected chi connectivity index (χ2v) is 25.1. The van der Waals surface area contributed by atoms with Crippen molar-refractivity contribution in [1.29, 1.82) is 0 Å². The van der Waals surface area contributed by atoms with Crippen molar-refractivity contribution in [2.24, 2.45) is 0 Å². The van der Waals surface area contributed by atoms with Crippen LogP contribution in [0.25, 0.3) is 33.4 Å². The molecule has 24 heteroatoms. The van der Waals surface area contributed by atoms with Gasteiger partial charge in [-0.15, -0.1) is 0 Å². The number of benzene rings is 3. The second kappa shape index (κ2) is 34.3. The maximum Gasteiger partial charge on any atom is 0.131 e.